The molecule has 0 saturated heterocycles. The number of carbonyl (C=O) groups is 2. The van der Waals surface area contributed by atoms with Crippen LogP contribution in [-0.4, -0.2) is 31.5 Å². The molecule has 0 N–H and O–H groups in total. The first-order valence-corrected chi connectivity index (χ1v) is 4.42. The zero-order valence-electron chi connectivity index (χ0n) is 8.16. The number of methoxy groups -OCH3 is 2. The Morgan fingerprint density at radius 3 is 2.07 bits per heavy atom. The Morgan fingerprint density at radius 1 is 1.36 bits per heavy atom. The highest BCUT2D eigenvalue weighted by molar-refractivity contribution is 6.22. The topological polar surface area (TPSA) is 52.6 Å². The van der Waals surface area contributed by atoms with Crippen LogP contribution in [0.4, 0.5) is 0 Å². The van der Waals surface area contributed by atoms with E-state index in [0.717, 1.165) is 0 Å². The van der Waals surface area contributed by atoms with Crippen molar-refractivity contribution < 1.29 is 19.1 Å². The van der Waals surface area contributed by atoms with E-state index in [9.17, 15) is 9.59 Å². The molecule has 0 aromatic heterocycles. The molecular formula is C9H13ClO4. The molecule has 14 heavy (non-hydrogen) atoms. The third-order valence-electron chi connectivity index (χ3n) is 1.69. The molecule has 0 radical (unpaired) electrons. The number of esters is 2. The van der Waals surface area contributed by atoms with Crippen molar-refractivity contribution >= 4 is 23.5 Å². The van der Waals surface area contributed by atoms with Gasteiger partial charge in [-0.25, -0.2) is 0 Å². The van der Waals surface area contributed by atoms with Crippen molar-refractivity contribution in [2.45, 2.75) is 11.8 Å². The summed E-state index contributed by atoms with van der Waals surface area (Å²) in [6.07, 6.45) is 1.57. The molecule has 0 aromatic rings. The van der Waals surface area contributed by atoms with Gasteiger partial charge in [-0.05, 0) is 6.42 Å². The van der Waals surface area contributed by atoms with Crippen LogP contribution in [0.5, 0.6) is 0 Å². The van der Waals surface area contributed by atoms with Crippen LogP contribution in [0.3, 0.4) is 0 Å². The summed E-state index contributed by atoms with van der Waals surface area (Å²) >= 11 is 5.73. The van der Waals surface area contributed by atoms with Crippen LogP contribution < -0.4 is 0 Å². The predicted octanol–water partition coefficient (Wildman–Crippen LogP) is 1.13. The fraction of sp³-hybridized carbons (Fsp3) is 0.556. The largest absolute Gasteiger partial charge is 0.468 e. The first-order chi connectivity index (χ1) is 6.56. The smallest absolute Gasteiger partial charge is 0.320 e. The first-order valence-electron chi connectivity index (χ1n) is 3.99. The number of hydrogen-bond donors (Lipinski definition) is 0. The summed E-state index contributed by atoms with van der Waals surface area (Å²) in [6.45, 7) is 3.45. The highest BCUT2D eigenvalue weighted by Gasteiger charge is 2.30. The quantitative estimate of drug-likeness (QED) is 0.302. The predicted molar refractivity (Wildman–Crippen MR) is 52.0 cm³/mol. The Bertz CT molecular complexity index is 211. The first kappa shape index (κ1) is 13.0. The van der Waals surface area contributed by atoms with E-state index >= 15 is 0 Å². The third-order valence-corrected chi connectivity index (χ3v) is 2.04. The molecule has 0 amide bonds. The number of allylic oxidation sites excluding steroid dienone is 1. The highest BCUT2D eigenvalue weighted by Crippen LogP contribution is 2.15. The van der Waals surface area contributed by atoms with E-state index in [0.29, 0.717) is 0 Å². The van der Waals surface area contributed by atoms with E-state index in [1.165, 1.54) is 20.3 Å². The molecule has 1 atom stereocenters. The Morgan fingerprint density at radius 2 is 1.79 bits per heavy atom. The minimum absolute atomic E-state index is 0.129. The van der Waals surface area contributed by atoms with Crippen LogP contribution in [0, 0.1) is 5.92 Å². The maximum atomic E-state index is 11.1. The maximum Gasteiger partial charge on any atom is 0.320 e. The molecule has 0 saturated carbocycles. The highest BCUT2D eigenvalue weighted by atomic mass is 35.5. The van der Waals surface area contributed by atoms with Crippen LogP contribution in [0.2, 0.25) is 0 Å². The standard InChI is InChI=1S/C9H13ClO4/c1-4-6(10)5-7(8(11)13-2)9(12)14-3/h4,6-7H,1,5H2,2-3H3. The fourth-order valence-corrected chi connectivity index (χ4v) is 1.07. The Kier molecular flexibility index (Phi) is 5.95. The molecule has 0 heterocycles. The van der Waals surface area contributed by atoms with Crippen LogP contribution in [0.15, 0.2) is 12.7 Å². The van der Waals surface area contributed by atoms with Gasteiger partial charge in [0.05, 0.1) is 19.6 Å². The number of carbonyl (C=O) groups excluding carboxylic acids is 2. The van der Waals surface area contributed by atoms with Crippen molar-refractivity contribution in [3.8, 4) is 0 Å². The summed E-state index contributed by atoms with van der Waals surface area (Å²) < 4.78 is 8.90. The van der Waals surface area contributed by atoms with Crippen LogP contribution >= 0.6 is 11.6 Å². The molecule has 4 nitrogen and oxygen atoms in total. The van der Waals surface area contributed by atoms with Crippen molar-refractivity contribution in [2.75, 3.05) is 14.2 Å². The van der Waals surface area contributed by atoms with Gasteiger partial charge in [0.2, 0.25) is 0 Å². The molecule has 0 aliphatic carbocycles. The van der Waals surface area contributed by atoms with Gasteiger partial charge in [0.25, 0.3) is 0 Å². The lowest BCUT2D eigenvalue weighted by Gasteiger charge is -2.13. The van der Waals surface area contributed by atoms with Gasteiger partial charge in [-0.3, -0.25) is 9.59 Å². The summed E-state index contributed by atoms with van der Waals surface area (Å²) in [7, 11) is 2.41. The zero-order chi connectivity index (χ0) is 11.1. The number of rotatable bonds is 5. The van der Waals surface area contributed by atoms with E-state index in [2.05, 4.69) is 16.1 Å². The number of ether oxygens (including phenoxy) is 2. The van der Waals surface area contributed by atoms with E-state index in [1.807, 2.05) is 0 Å². The summed E-state index contributed by atoms with van der Waals surface area (Å²) in [5.74, 6) is -2.28. The monoisotopic (exact) mass is 220 g/mol. The average molecular weight is 221 g/mol. The minimum atomic E-state index is -0.981. The molecule has 80 valence electrons. The summed E-state index contributed by atoms with van der Waals surface area (Å²) in [5.41, 5.74) is 0. The van der Waals surface area contributed by atoms with Gasteiger partial charge < -0.3 is 9.47 Å². The molecular weight excluding hydrogens is 208 g/mol. The molecule has 1 unspecified atom stereocenters. The lowest BCUT2D eigenvalue weighted by atomic mass is 10.0. The van der Waals surface area contributed by atoms with Gasteiger partial charge >= 0.3 is 11.9 Å². The molecule has 5 heteroatoms. The zero-order valence-corrected chi connectivity index (χ0v) is 8.91. The maximum absolute atomic E-state index is 11.1. The van der Waals surface area contributed by atoms with Gasteiger partial charge in [-0.2, -0.15) is 0 Å². The lowest BCUT2D eigenvalue weighted by molar-refractivity contribution is -0.158. The van der Waals surface area contributed by atoms with Gasteiger partial charge in [0.1, 0.15) is 0 Å². The molecule has 0 aliphatic rings. The van der Waals surface area contributed by atoms with E-state index in [1.54, 1.807) is 0 Å². The number of alkyl halides is 1. The minimum Gasteiger partial charge on any atom is -0.468 e. The summed E-state index contributed by atoms with van der Waals surface area (Å²) in [6, 6.07) is 0. The normalized spacial score (nSPS) is 12.0. The summed E-state index contributed by atoms with van der Waals surface area (Å²) in [4.78, 5) is 22.3. The SMILES string of the molecule is C=CC(Cl)CC(C(=O)OC)C(=O)OC. The number of hydrogen-bond acceptors (Lipinski definition) is 4. The van der Waals surface area contributed by atoms with Crippen LogP contribution in [0.25, 0.3) is 0 Å². The van der Waals surface area contributed by atoms with Crippen molar-refractivity contribution in [1.82, 2.24) is 0 Å². The van der Waals surface area contributed by atoms with E-state index in [-0.39, 0.29) is 6.42 Å². The second kappa shape index (κ2) is 6.43. The lowest BCUT2D eigenvalue weighted by Crippen LogP contribution is -2.28. The Labute approximate surface area is 87.8 Å². The second-order valence-corrected chi connectivity index (χ2v) is 3.15. The summed E-state index contributed by atoms with van der Waals surface area (Å²) in [5, 5.41) is -0.460. The Balaban J connectivity index is 4.47. The number of halogens is 1. The van der Waals surface area contributed by atoms with Gasteiger partial charge in [0, 0.05) is 0 Å². The van der Waals surface area contributed by atoms with Crippen molar-refractivity contribution in [2.24, 2.45) is 5.92 Å². The van der Waals surface area contributed by atoms with Gasteiger partial charge in [-0.15, -0.1) is 18.2 Å². The third kappa shape index (κ3) is 3.79. The van der Waals surface area contributed by atoms with Crippen molar-refractivity contribution in [1.29, 1.82) is 0 Å². The van der Waals surface area contributed by atoms with Crippen LogP contribution in [0.1, 0.15) is 6.42 Å². The Hall–Kier alpha value is -1.03. The molecule has 0 bridgehead atoms. The van der Waals surface area contributed by atoms with Crippen molar-refractivity contribution in [3.05, 3.63) is 12.7 Å². The van der Waals surface area contributed by atoms with Gasteiger partial charge in [0.15, 0.2) is 5.92 Å². The molecule has 0 rings (SSSR count). The average Bonchev–Trinajstić information content (AvgIpc) is 2.23. The van der Waals surface area contributed by atoms with E-state index < -0.39 is 23.2 Å². The molecule has 0 spiro atoms. The van der Waals surface area contributed by atoms with Crippen molar-refractivity contribution in [3.63, 3.8) is 0 Å². The van der Waals surface area contributed by atoms with Gasteiger partial charge in [-0.1, -0.05) is 6.08 Å². The second-order valence-electron chi connectivity index (χ2n) is 2.59. The fourth-order valence-electron chi connectivity index (χ4n) is 0.895. The molecule has 0 aliphatic heterocycles. The molecule has 0 aromatic carbocycles. The molecule has 0 fully saturated rings. The van der Waals surface area contributed by atoms with Crippen LogP contribution in [-0.2, 0) is 19.1 Å². The van der Waals surface area contributed by atoms with E-state index in [4.69, 9.17) is 11.6 Å².